The number of nitrogens with one attached hydrogen (secondary N) is 3. The van der Waals surface area contributed by atoms with Crippen LogP contribution in [-0.2, 0) is 53.3 Å². The predicted octanol–water partition coefficient (Wildman–Crippen LogP) is 0.452. The van der Waals surface area contributed by atoms with Crippen molar-refractivity contribution in [2.45, 2.75) is 29.2 Å². The quantitative estimate of drug-likeness (QED) is 0.0213. The Morgan fingerprint density at radius 2 is 1.25 bits per heavy atom. The molecule has 0 bridgehead atoms. The largest absolute Gasteiger partial charge is 1.00 e. The van der Waals surface area contributed by atoms with E-state index in [4.69, 9.17) is 4.74 Å². The zero-order valence-corrected chi connectivity index (χ0v) is 44.1. The van der Waals surface area contributed by atoms with Crippen LogP contribution < -0.4 is 102 Å². The first-order valence-corrected chi connectivity index (χ1v) is 23.1. The molecule has 0 heterocycles. The fourth-order valence-corrected chi connectivity index (χ4v) is 8.70. The summed E-state index contributed by atoms with van der Waals surface area (Å²) in [5.74, 6) is 0. The number of fused-ring (bicyclic) bond motifs is 2. The average molecular weight is 1030 g/mol. The van der Waals surface area contributed by atoms with Gasteiger partial charge >= 0.3 is 65.2 Å². The molecule has 19 nitrogen and oxygen atoms in total. The number of carbonyl (C=O) groups excluding carboxylic acids is 3. The van der Waals surface area contributed by atoms with Gasteiger partial charge in [0.2, 0.25) is 23.0 Å². The van der Waals surface area contributed by atoms with E-state index in [0.717, 1.165) is 34.4 Å². The van der Waals surface area contributed by atoms with Crippen LogP contribution in [0.4, 0.5) is 33.2 Å². The fourth-order valence-electron chi connectivity index (χ4n) is 7.53. The van der Waals surface area contributed by atoms with Gasteiger partial charge in [-0.05, 0) is 101 Å². The molecule has 8 aromatic rings. The SMILES string of the molecule is O=C=Nc1ccc(Cc2cc(Cc3ccc(NC(=O)OCc4c/c(=N\Nc5ccc(S(=O)(=O)[O-])c6ccccc56)c(=O)/c(=N/Nc5ccc(SOO[O-])c6ccccc56)c4=O)cc3)ccc2N=C=O)cc1.[Na+].[Na+]. The number of hydrogen-bond acceptors (Lipinski definition) is 19. The number of nitrogens with zero attached hydrogens (tertiary/aromatic N) is 4. The Kier molecular flexibility index (Phi) is 19.6. The molecule has 354 valence electrons. The number of rotatable bonds is 17. The first-order valence-electron chi connectivity index (χ1n) is 20.9. The number of hydrogen-bond donors (Lipinski definition) is 3. The number of ether oxygens (including phenoxy) is 1. The Morgan fingerprint density at radius 3 is 1.92 bits per heavy atom. The van der Waals surface area contributed by atoms with E-state index in [1.807, 2.05) is 24.3 Å². The van der Waals surface area contributed by atoms with E-state index in [0.29, 0.717) is 68.7 Å². The summed E-state index contributed by atoms with van der Waals surface area (Å²) in [6.07, 6.45) is 3.09. The smallest absolute Gasteiger partial charge is 0.744 e. The molecule has 0 saturated heterocycles. The van der Waals surface area contributed by atoms with Crippen molar-refractivity contribution in [1.82, 2.24) is 0 Å². The van der Waals surface area contributed by atoms with Crippen molar-refractivity contribution in [2.24, 2.45) is 20.2 Å². The van der Waals surface area contributed by atoms with Crippen LogP contribution in [0.15, 0.2) is 185 Å². The van der Waals surface area contributed by atoms with Gasteiger partial charge in [-0.2, -0.15) is 24.5 Å². The van der Waals surface area contributed by atoms with Gasteiger partial charge in [0.15, 0.2) is 5.36 Å². The maximum absolute atomic E-state index is 14.0. The van der Waals surface area contributed by atoms with Gasteiger partial charge in [0, 0.05) is 32.3 Å². The number of carbonyl (C=O) groups is 1. The Hall–Kier alpha value is -6.75. The molecule has 8 rings (SSSR count). The van der Waals surface area contributed by atoms with Crippen molar-refractivity contribution in [3.8, 4) is 0 Å². The number of aliphatic imine (C=N–C) groups is 2. The van der Waals surface area contributed by atoms with Crippen molar-refractivity contribution in [2.75, 3.05) is 16.2 Å². The van der Waals surface area contributed by atoms with Crippen molar-refractivity contribution in [3.63, 3.8) is 0 Å². The maximum atomic E-state index is 14.0. The van der Waals surface area contributed by atoms with Gasteiger partial charge in [-0.3, -0.25) is 30.8 Å². The third-order valence-electron chi connectivity index (χ3n) is 10.8. The van der Waals surface area contributed by atoms with Gasteiger partial charge in [-0.15, -0.1) is 0 Å². The summed E-state index contributed by atoms with van der Waals surface area (Å²) in [7, 11) is -4.85. The second kappa shape index (κ2) is 25.8. The molecular weight excluding hydrogens is 1000 g/mol. The second-order valence-corrected chi connectivity index (χ2v) is 17.4. The molecular formula is C50H33N7Na2O12S2. The Morgan fingerprint density at radius 1 is 0.644 bits per heavy atom. The normalized spacial score (nSPS) is 11.4. The summed E-state index contributed by atoms with van der Waals surface area (Å²) in [6, 6.07) is 39.2. The van der Waals surface area contributed by atoms with E-state index in [2.05, 4.69) is 45.7 Å². The summed E-state index contributed by atoms with van der Waals surface area (Å²) < 4.78 is 46.0. The van der Waals surface area contributed by atoms with Gasteiger partial charge in [0.1, 0.15) is 22.1 Å². The Bertz CT molecular complexity index is 3810. The Balaban J connectivity index is 0.00000435. The van der Waals surface area contributed by atoms with E-state index in [1.165, 1.54) is 18.2 Å². The minimum absolute atomic E-state index is 0. The predicted molar refractivity (Wildman–Crippen MR) is 258 cm³/mol. The van der Waals surface area contributed by atoms with Crippen LogP contribution >= 0.6 is 12.0 Å². The van der Waals surface area contributed by atoms with Crippen LogP contribution in [0.3, 0.4) is 0 Å². The van der Waals surface area contributed by atoms with E-state index >= 15 is 0 Å². The molecule has 0 radical (unpaired) electrons. The van der Waals surface area contributed by atoms with Gasteiger partial charge in [-0.1, -0.05) is 84.9 Å². The molecule has 0 aliphatic heterocycles. The summed E-state index contributed by atoms with van der Waals surface area (Å²) in [5.41, 5.74) is 8.82. The molecule has 73 heavy (non-hydrogen) atoms. The minimum Gasteiger partial charge on any atom is -0.744 e. The Labute approximate surface area is 462 Å². The molecule has 8 aromatic carbocycles. The van der Waals surface area contributed by atoms with Crippen LogP contribution in [0.1, 0.15) is 27.8 Å². The molecule has 0 fully saturated rings. The second-order valence-electron chi connectivity index (χ2n) is 15.3. The van der Waals surface area contributed by atoms with E-state index in [9.17, 15) is 42.2 Å². The van der Waals surface area contributed by atoms with E-state index in [-0.39, 0.29) is 81.1 Å². The molecule has 0 saturated carbocycles. The van der Waals surface area contributed by atoms with Crippen LogP contribution in [-0.4, -0.2) is 31.2 Å². The standard InChI is InChI=1S/C50H35N7O12S2.2Na/c58-28-51-35-14-9-31(10-15-35)24-33-25-32(13-18-41(33)52-29-59)23-30-11-16-36(17-12-30)53-50(62)67-27-34-26-44(56-54-43-20-22-46(71(64,65)66)40-8-4-2-6-38(40)43)49(61)47(48(34)60)57-55-42-19-21-45(70-69-68-63)39-7-3-1-5-37(39)42;;/h1-22,25-26,54-55,63H,23-24,27H2,(H,53,62)(H,64,65,66);;/q;2*+1/p-2/b56-44+,57-47+;;. The van der Waals surface area contributed by atoms with Crippen LogP contribution in [0, 0.1) is 0 Å². The van der Waals surface area contributed by atoms with Crippen LogP contribution in [0.2, 0.25) is 0 Å². The molecule has 1 amide bonds. The summed E-state index contributed by atoms with van der Waals surface area (Å²) in [4.78, 5) is 70.3. The number of benzene rings is 8. The van der Waals surface area contributed by atoms with Gasteiger partial charge in [0.25, 0.3) is 0 Å². The van der Waals surface area contributed by atoms with Gasteiger partial charge in [0.05, 0.1) is 39.7 Å². The number of amides is 1. The first kappa shape index (κ1) is 55.6. The molecule has 3 N–H and O–H groups in total. The minimum atomic E-state index is -4.85. The third-order valence-corrected chi connectivity index (χ3v) is 12.4. The van der Waals surface area contributed by atoms with Gasteiger partial charge < -0.3 is 14.5 Å². The molecule has 0 spiro atoms. The van der Waals surface area contributed by atoms with Crippen LogP contribution in [0.25, 0.3) is 21.5 Å². The summed E-state index contributed by atoms with van der Waals surface area (Å²) >= 11 is 0.675. The van der Waals surface area contributed by atoms with Crippen molar-refractivity contribution < 1.29 is 106 Å². The summed E-state index contributed by atoms with van der Waals surface area (Å²) in [6.45, 7) is -0.632. The van der Waals surface area contributed by atoms with Crippen LogP contribution in [0.5, 0.6) is 0 Å². The molecule has 0 aliphatic carbocycles. The monoisotopic (exact) mass is 1030 g/mol. The topological polar surface area (TPSA) is 279 Å². The zero-order chi connectivity index (χ0) is 49.9. The molecule has 0 unspecified atom stereocenters. The zero-order valence-electron chi connectivity index (χ0n) is 38.5. The van der Waals surface area contributed by atoms with E-state index in [1.54, 1.807) is 103 Å². The first-order chi connectivity index (χ1) is 34.4. The van der Waals surface area contributed by atoms with Crippen molar-refractivity contribution in [3.05, 3.63) is 205 Å². The maximum Gasteiger partial charge on any atom is 1.00 e. The molecule has 0 atom stereocenters. The number of anilines is 3. The number of isocyanates is 2. The fraction of sp³-hybridized carbons (Fsp3) is 0.0600. The van der Waals surface area contributed by atoms with E-state index < -0.39 is 43.9 Å². The third kappa shape index (κ3) is 13.9. The molecule has 0 aromatic heterocycles. The van der Waals surface area contributed by atoms with Crippen molar-refractivity contribution >= 4 is 90.4 Å². The summed E-state index contributed by atoms with van der Waals surface area (Å²) in [5, 5.41) is 25.7. The van der Waals surface area contributed by atoms with Crippen molar-refractivity contribution in [1.29, 1.82) is 0 Å². The molecule has 0 aliphatic rings. The van der Waals surface area contributed by atoms with Gasteiger partial charge in [-0.25, -0.2) is 22.8 Å². The average Bonchev–Trinajstić information content (AvgIpc) is 3.37. The molecule has 23 heteroatoms.